The summed E-state index contributed by atoms with van der Waals surface area (Å²) in [6, 6.07) is 3.76. The lowest BCUT2D eigenvalue weighted by atomic mass is 10.00. The van der Waals surface area contributed by atoms with Crippen molar-refractivity contribution in [2.45, 2.75) is 50.1 Å². The highest BCUT2D eigenvalue weighted by Gasteiger charge is 2.38. The Balaban J connectivity index is 2.49. The molecule has 6 heteroatoms. The second-order valence-electron chi connectivity index (χ2n) is 5.44. The zero-order chi connectivity index (χ0) is 14.9. The van der Waals surface area contributed by atoms with E-state index >= 15 is 0 Å². The van der Waals surface area contributed by atoms with Gasteiger partial charge in [0.05, 0.1) is 0 Å². The van der Waals surface area contributed by atoms with Crippen LogP contribution in [0.5, 0.6) is 0 Å². The number of nitrogens with two attached hydrogens (primary N) is 1. The molecule has 4 nitrogen and oxygen atoms in total. The van der Waals surface area contributed by atoms with Gasteiger partial charge in [0.15, 0.2) is 0 Å². The van der Waals surface area contributed by atoms with Crippen molar-refractivity contribution in [3.63, 3.8) is 0 Å². The van der Waals surface area contributed by atoms with Crippen molar-refractivity contribution in [3.8, 4) is 0 Å². The molecule has 2 rings (SSSR count). The fourth-order valence-corrected chi connectivity index (χ4v) is 4.88. The summed E-state index contributed by atoms with van der Waals surface area (Å²) in [6.45, 7) is 3.86. The average Bonchev–Trinajstić information content (AvgIpc) is 2.40. The highest BCUT2D eigenvalue weighted by atomic mass is 32.2. The van der Waals surface area contributed by atoms with Crippen molar-refractivity contribution in [2.24, 2.45) is 5.73 Å². The van der Waals surface area contributed by atoms with Crippen LogP contribution in [0, 0.1) is 12.7 Å². The van der Waals surface area contributed by atoms with Gasteiger partial charge in [-0.3, -0.25) is 0 Å². The molecule has 1 heterocycles. The standard InChI is InChI=1S/C14H21FN2O2S/c1-10-6-7-13(15)14(8-10)20(18,19)17-11(2)4-3-5-12(17)9-16/h6-8,11-12H,3-5,9,16H2,1-2H3. The molecule has 1 aliphatic heterocycles. The molecule has 20 heavy (non-hydrogen) atoms. The van der Waals surface area contributed by atoms with Gasteiger partial charge in [0.2, 0.25) is 10.0 Å². The van der Waals surface area contributed by atoms with E-state index in [2.05, 4.69) is 0 Å². The average molecular weight is 300 g/mol. The van der Waals surface area contributed by atoms with Crippen LogP contribution in [-0.4, -0.2) is 31.4 Å². The van der Waals surface area contributed by atoms with E-state index < -0.39 is 15.8 Å². The Labute approximate surface area is 119 Å². The molecular formula is C14H21FN2O2S. The Morgan fingerprint density at radius 3 is 2.75 bits per heavy atom. The van der Waals surface area contributed by atoms with Gasteiger partial charge in [0.1, 0.15) is 10.7 Å². The molecule has 0 radical (unpaired) electrons. The maximum absolute atomic E-state index is 13.9. The lowest BCUT2D eigenvalue weighted by Gasteiger charge is -2.39. The first-order valence-electron chi connectivity index (χ1n) is 6.87. The zero-order valence-electron chi connectivity index (χ0n) is 11.8. The van der Waals surface area contributed by atoms with Gasteiger partial charge in [-0.05, 0) is 44.4 Å². The lowest BCUT2D eigenvalue weighted by molar-refractivity contribution is 0.195. The van der Waals surface area contributed by atoms with E-state index in [0.717, 1.165) is 24.8 Å². The minimum atomic E-state index is -3.85. The summed E-state index contributed by atoms with van der Waals surface area (Å²) in [4.78, 5) is -0.246. The third kappa shape index (κ3) is 2.73. The van der Waals surface area contributed by atoms with E-state index in [1.54, 1.807) is 13.0 Å². The molecular weight excluding hydrogens is 279 g/mol. The first-order valence-corrected chi connectivity index (χ1v) is 8.31. The minimum absolute atomic E-state index is 0.151. The third-order valence-electron chi connectivity index (χ3n) is 3.87. The number of benzene rings is 1. The van der Waals surface area contributed by atoms with Crippen molar-refractivity contribution in [2.75, 3.05) is 6.54 Å². The number of piperidine rings is 1. The number of rotatable bonds is 3. The highest BCUT2D eigenvalue weighted by Crippen LogP contribution is 2.30. The number of hydrogen-bond donors (Lipinski definition) is 1. The Kier molecular flexibility index (Phi) is 4.46. The molecule has 2 N–H and O–H groups in total. The SMILES string of the molecule is Cc1ccc(F)c(S(=O)(=O)N2C(C)CCCC2CN)c1. The molecule has 0 aromatic heterocycles. The van der Waals surface area contributed by atoms with Crippen LogP contribution in [0.15, 0.2) is 23.1 Å². The topological polar surface area (TPSA) is 63.4 Å². The van der Waals surface area contributed by atoms with Gasteiger partial charge < -0.3 is 5.73 Å². The number of aryl methyl sites for hydroxylation is 1. The van der Waals surface area contributed by atoms with Crippen LogP contribution in [0.1, 0.15) is 31.7 Å². The normalized spacial score (nSPS) is 24.8. The lowest BCUT2D eigenvalue weighted by Crippen LogP contribution is -2.51. The van der Waals surface area contributed by atoms with Gasteiger partial charge >= 0.3 is 0 Å². The molecule has 1 aromatic rings. The molecule has 1 aliphatic rings. The molecule has 0 amide bonds. The van der Waals surface area contributed by atoms with Gasteiger partial charge in [-0.15, -0.1) is 0 Å². The van der Waals surface area contributed by atoms with Gasteiger partial charge in [-0.1, -0.05) is 12.5 Å². The molecule has 1 aromatic carbocycles. The van der Waals surface area contributed by atoms with Crippen LogP contribution in [0.2, 0.25) is 0 Å². The Morgan fingerprint density at radius 1 is 1.40 bits per heavy atom. The quantitative estimate of drug-likeness (QED) is 0.929. The predicted molar refractivity (Wildman–Crippen MR) is 76.3 cm³/mol. The summed E-state index contributed by atoms with van der Waals surface area (Å²) in [5.41, 5.74) is 6.42. The summed E-state index contributed by atoms with van der Waals surface area (Å²) in [5.74, 6) is -0.704. The van der Waals surface area contributed by atoms with E-state index in [-0.39, 0.29) is 23.5 Å². The maximum Gasteiger partial charge on any atom is 0.246 e. The largest absolute Gasteiger partial charge is 0.329 e. The van der Waals surface area contributed by atoms with E-state index in [4.69, 9.17) is 5.73 Å². The molecule has 2 unspecified atom stereocenters. The summed E-state index contributed by atoms with van der Waals surface area (Å²) in [7, 11) is -3.85. The predicted octanol–water partition coefficient (Wildman–Crippen LogP) is 2.02. The van der Waals surface area contributed by atoms with Crippen LogP contribution >= 0.6 is 0 Å². The van der Waals surface area contributed by atoms with Crippen LogP contribution in [0.3, 0.4) is 0 Å². The zero-order valence-corrected chi connectivity index (χ0v) is 12.7. The Bertz CT molecular complexity index is 589. The fourth-order valence-electron chi connectivity index (χ4n) is 2.84. The number of halogens is 1. The van der Waals surface area contributed by atoms with Crippen LogP contribution in [0.25, 0.3) is 0 Å². The Morgan fingerprint density at radius 2 is 2.10 bits per heavy atom. The van der Waals surface area contributed by atoms with Crippen molar-refractivity contribution < 1.29 is 12.8 Å². The number of sulfonamides is 1. The van der Waals surface area contributed by atoms with Crippen molar-refractivity contribution >= 4 is 10.0 Å². The molecule has 0 saturated carbocycles. The number of nitrogens with zero attached hydrogens (tertiary/aromatic N) is 1. The smallest absolute Gasteiger partial charge is 0.246 e. The highest BCUT2D eigenvalue weighted by molar-refractivity contribution is 7.89. The van der Waals surface area contributed by atoms with E-state index in [1.807, 2.05) is 6.92 Å². The molecule has 1 fully saturated rings. The minimum Gasteiger partial charge on any atom is -0.329 e. The maximum atomic E-state index is 13.9. The van der Waals surface area contributed by atoms with Gasteiger partial charge in [0, 0.05) is 18.6 Å². The van der Waals surface area contributed by atoms with Gasteiger partial charge in [0.25, 0.3) is 0 Å². The van der Waals surface area contributed by atoms with Crippen molar-refractivity contribution in [3.05, 3.63) is 29.6 Å². The number of hydrogen-bond acceptors (Lipinski definition) is 3. The third-order valence-corrected chi connectivity index (χ3v) is 5.95. The van der Waals surface area contributed by atoms with Crippen LogP contribution in [0.4, 0.5) is 4.39 Å². The first kappa shape index (κ1) is 15.4. The molecule has 112 valence electrons. The summed E-state index contributed by atoms with van der Waals surface area (Å²) in [5, 5.41) is 0. The van der Waals surface area contributed by atoms with Gasteiger partial charge in [-0.25, -0.2) is 12.8 Å². The molecule has 0 bridgehead atoms. The molecule has 1 saturated heterocycles. The van der Waals surface area contributed by atoms with Crippen LogP contribution < -0.4 is 5.73 Å². The molecule has 0 spiro atoms. The van der Waals surface area contributed by atoms with E-state index in [0.29, 0.717) is 0 Å². The summed E-state index contributed by atoms with van der Waals surface area (Å²) < 4.78 is 40.9. The monoisotopic (exact) mass is 300 g/mol. The van der Waals surface area contributed by atoms with Crippen molar-refractivity contribution in [1.29, 1.82) is 0 Å². The van der Waals surface area contributed by atoms with Crippen LogP contribution in [-0.2, 0) is 10.0 Å². The summed E-state index contributed by atoms with van der Waals surface area (Å²) in [6.07, 6.45) is 2.46. The van der Waals surface area contributed by atoms with Crippen molar-refractivity contribution in [1.82, 2.24) is 4.31 Å². The summed E-state index contributed by atoms with van der Waals surface area (Å²) >= 11 is 0. The second-order valence-corrected chi connectivity index (χ2v) is 7.25. The van der Waals surface area contributed by atoms with E-state index in [9.17, 15) is 12.8 Å². The second kappa shape index (κ2) is 5.79. The molecule has 0 aliphatic carbocycles. The fraction of sp³-hybridized carbons (Fsp3) is 0.571. The first-order chi connectivity index (χ1) is 9.37. The van der Waals surface area contributed by atoms with Gasteiger partial charge in [-0.2, -0.15) is 4.31 Å². The Hall–Kier alpha value is -0.980. The molecule has 2 atom stereocenters. The van der Waals surface area contributed by atoms with E-state index in [1.165, 1.54) is 16.4 Å².